The number of rotatable bonds is 6. The van der Waals surface area contributed by atoms with Crippen molar-refractivity contribution in [2.45, 2.75) is 51.6 Å². The average Bonchev–Trinajstić information content (AvgIpc) is 2.60. The molecule has 1 aromatic heterocycles. The first-order valence-electron chi connectivity index (χ1n) is 6.62. The van der Waals surface area contributed by atoms with Gasteiger partial charge >= 0.3 is 0 Å². The Kier molecular flexibility index (Phi) is 4.40. The Labute approximate surface area is 108 Å². The Morgan fingerprint density at radius 3 is 2.76 bits per heavy atom. The average molecular weight is 253 g/mol. The first kappa shape index (κ1) is 12.8. The molecule has 0 radical (unpaired) electrons. The SMILES string of the molecule is CCCc1nc(N(C)C2CCC2)sc1CNC. The van der Waals surface area contributed by atoms with E-state index in [4.69, 9.17) is 4.98 Å². The third kappa shape index (κ3) is 2.80. The van der Waals surface area contributed by atoms with Gasteiger partial charge in [-0.25, -0.2) is 4.98 Å². The molecule has 0 spiro atoms. The zero-order valence-electron chi connectivity index (χ0n) is 11.1. The van der Waals surface area contributed by atoms with Crippen LogP contribution in [0.15, 0.2) is 0 Å². The summed E-state index contributed by atoms with van der Waals surface area (Å²) >= 11 is 1.86. The van der Waals surface area contributed by atoms with Crippen molar-refractivity contribution in [2.75, 3.05) is 19.0 Å². The van der Waals surface area contributed by atoms with Crippen molar-refractivity contribution in [3.8, 4) is 0 Å². The molecule has 3 nitrogen and oxygen atoms in total. The second-order valence-electron chi connectivity index (χ2n) is 4.84. The summed E-state index contributed by atoms with van der Waals surface area (Å²) < 4.78 is 0. The lowest BCUT2D eigenvalue weighted by molar-refractivity contribution is 0.401. The molecule has 1 saturated carbocycles. The predicted octanol–water partition coefficient (Wildman–Crippen LogP) is 2.80. The standard InChI is InChI=1S/C13H23N3S/c1-4-6-11-12(9-14-2)17-13(15-11)16(3)10-7-5-8-10/h10,14H,4-9H2,1-3H3. The van der Waals surface area contributed by atoms with Crippen LogP contribution in [0.4, 0.5) is 5.13 Å². The van der Waals surface area contributed by atoms with Crippen molar-refractivity contribution in [3.63, 3.8) is 0 Å². The van der Waals surface area contributed by atoms with E-state index in [1.165, 1.54) is 41.4 Å². The van der Waals surface area contributed by atoms with E-state index in [0.29, 0.717) is 0 Å². The Morgan fingerprint density at radius 1 is 1.47 bits per heavy atom. The molecule has 0 bridgehead atoms. The van der Waals surface area contributed by atoms with Crippen molar-refractivity contribution in [1.82, 2.24) is 10.3 Å². The van der Waals surface area contributed by atoms with E-state index in [0.717, 1.165) is 19.0 Å². The lowest BCUT2D eigenvalue weighted by Gasteiger charge is -2.34. The summed E-state index contributed by atoms with van der Waals surface area (Å²) in [6.45, 7) is 3.17. The molecule has 1 N–H and O–H groups in total. The van der Waals surface area contributed by atoms with Crippen molar-refractivity contribution in [2.24, 2.45) is 0 Å². The number of hydrogen-bond donors (Lipinski definition) is 1. The molecule has 1 heterocycles. The molecule has 0 aliphatic heterocycles. The van der Waals surface area contributed by atoms with Gasteiger partial charge in [-0.15, -0.1) is 11.3 Å². The van der Waals surface area contributed by atoms with Crippen LogP contribution in [0, 0.1) is 0 Å². The maximum atomic E-state index is 4.83. The van der Waals surface area contributed by atoms with E-state index in [1.54, 1.807) is 0 Å². The number of anilines is 1. The van der Waals surface area contributed by atoms with Gasteiger partial charge in [-0.3, -0.25) is 0 Å². The molecule has 4 heteroatoms. The van der Waals surface area contributed by atoms with E-state index in [2.05, 4.69) is 24.2 Å². The van der Waals surface area contributed by atoms with Crippen LogP contribution in [0.5, 0.6) is 0 Å². The molecule has 1 aliphatic rings. The van der Waals surface area contributed by atoms with E-state index in [9.17, 15) is 0 Å². The topological polar surface area (TPSA) is 28.2 Å². The highest BCUT2D eigenvalue weighted by Crippen LogP contribution is 2.32. The van der Waals surface area contributed by atoms with Crippen LogP contribution in [0.2, 0.25) is 0 Å². The fourth-order valence-corrected chi connectivity index (χ4v) is 3.33. The molecule has 0 amide bonds. The molecule has 0 saturated heterocycles. The first-order valence-corrected chi connectivity index (χ1v) is 7.44. The first-order chi connectivity index (χ1) is 8.26. The van der Waals surface area contributed by atoms with E-state index >= 15 is 0 Å². The maximum Gasteiger partial charge on any atom is 0.185 e. The van der Waals surface area contributed by atoms with Gasteiger partial charge < -0.3 is 10.2 Å². The van der Waals surface area contributed by atoms with E-state index in [-0.39, 0.29) is 0 Å². The van der Waals surface area contributed by atoms with Crippen LogP contribution in [0.25, 0.3) is 0 Å². The number of nitrogens with one attached hydrogen (secondary N) is 1. The zero-order valence-corrected chi connectivity index (χ0v) is 11.9. The fraction of sp³-hybridized carbons (Fsp3) is 0.769. The second-order valence-corrected chi connectivity index (χ2v) is 5.90. The molecule has 0 aromatic carbocycles. The Morgan fingerprint density at radius 2 is 2.24 bits per heavy atom. The lowest BCUT2D eigenvalue weighted by atomic mass is 9.92. The lowest BCUT2D eigenvalue weighted by Crippen LogP contribution is -2.37. The monoisotopic (exact) mass is 253 g/mol. The molecular weight excluding hydrogens is 230 g/mol. The summed E-state index contributed by atoms with van der Waals surface area (Å²) in [5.41, 5.74) is 1.30. The maximum absolute atomic E-state index is 4.83. The Hall–Kier alpha value is -0.610. The molecule has 1 aromatic rings. The highest BCUT2D eigenvalue weighted by Gasteiger charge is 2.24. The largest absolute Gasteiger partial charge is 0.348 e. The highest BCUT2D eigenvalue weighted by atomic mass is 32.1. The van der Waals surface area contributed by atoms with Crippen LogP contribution in [0.1, 0.15) is 43.2 Å². The normalized spacial score (nSPS) is 15.9. The summed E-state index contributed by atoms with van der Waals surface area (Å²) in [6.07, 6.45) is 6.33. The van der Waals surface area contributed by atoms with Crippen LogP contribution >= 0.6 is 11.3 Å². The summed E-state index contributed by atoms with van der Waals surface area (Å²) in [5, 5.41) is 4.46. The second kappa shape index (κ2) is 5.83. The number of hydrogen-bond acceptors (Lipinski definition) is 4. The zero-order chi connectivity index (χ0) is 12.3. The molecule has 1 aliphatic carbocycles. The number of aromatic nitrogens is 1. The van der Waals surface area contributed by atoms with Crippen molar-refractivity contribution < 1.29 is 0 Å². The number of aryl methyl sites for hydroxylation is 1. The molecule has 96 valence electrons. The van der Waals surface area contributed by atoms with Gasteiger partial charge in [0.05, 0.1) is 5.69 Å². The summed E-state index contributed by atoms with van der Waals surface area (Å²) in [5.74, 6) is 0. The molecule has 17 heavy (non-hydrogen) atoms. The highest BCUT2D eigenvalue weighted by molar-refractivity contribution is 7.15. The van der Waals surface area contributed by atoms with Crippen molar-refractivity contribution >= 4 is 16.5 Å². The fourth-order valence-electron chi connectivity index (χ4n) is 2.18. The summed E-state index contributed by atoms with van der Waals surface area (Å²) in [7, 11) is 4.20. The van der Waals surface area contributed by atoms with E-state index < -0.39 is 0 Å². The van der Waals surface area contributed by atoms with Gasteiger partial charge in [0.15, 0.2) is 5.13 Å². The summed E-state index contributed by atoms with van der Waals surface area (Å²) in [4.78, 5) is 8.62. The van der Waals surface area contributed by atoms with Gasteiger partial charge in [0.25, 0.3) is 0 Å². The van der Waals surface area contributed by atoms with Crippen LogP contribution < -0.4 is 10.2 Å². The third-order valence-corrected chi connectivity index (χ3v) is 4.70. The Balaban J connectivity index is 2.13. The van der Waals surface area contributed by atoms with Gasteiger partial charge in [0.2, 0.25) is 0 Å². The van der Waals surface area contributed by atoms with Crippen LogP contribution in [-0.4, -0.2) is 25.1 Å². The van der Waals surface area contributed by atoms with Crippen molar-refractivity contribution in [1.29, 1.82) is 0 Å². The molecular formula is C13H23N3S. The quantitative estimate of drug-likeness (QED) is 0.845. The number of thiazole rings is 1. The van der Waals surface area contributed by atoms with Crippen LogP contribution in [-0.2, 0) is 13.0 Å². The third-order valence-electron chi connectivity index (χ3n) is 3.52. The van der Waals surface area contributed by atoms with Gasteiger partial charge in [-0.1, -0.05) is 13.3 Å². The van der Waals surface area contributed by atoms with Gasteiger partial charge in [0, 0.05) is 24.5 Å². The minimum atomic E-state index is 0.734. The van der Waals surface area contributed by atoms with Gasteiger partial charge in [-0.05, 0) is 32.7 Å². The summed E-state index contributed by atoms with van der Waals surface area (Å²) in [6, 6.07) is 0.734. The number of nitrogens with zero attached hydrogens (tertiary/aromatic N) is 2. The van der Waals surface area contributed by atoms with Crippen LogP contribution in [0.3, 0.4) is 0 Å². The Bertz CT molecular complexity index is 334. The van der Waals surface area contributed by atoms with Crippen molar-refractivity contribution in [3.05, 3.63) is 10.6 Å². The minimum absolute atomic E-state index is 0.734. The molecule has 1 fully saturated rings. The molecule has 2 rings (SSSR count). The van der Waals surface area contributed by atoms with Gasteiger partial charge in [-0.2, -0.15) is 0 Å². The molecule has 0 atom stereocenters. The minimum Gasteiger partial charge on any atom is -0.348 e. The molecule has 0 unspecified atom stereocenters. The van der Waals surface area contributed by atoms with E-state index in [1.807, 2.05) is 18.4 Å². The van der Waals surface area contributed by atoms with Gasteiger partial charge in [0.1, 0.15) is 0 Å². The predicted molar refractivity (Wildman–Crippen MR) is 74.9 cm³/mol. The smallest absolute Gasteiger partial charge is 0.185 e.